The van der Waals surface area contributed by atoms with Crippen LogP contribution >= 0.6 is 0 Å². The van der Waals surface area contributed by atoms with Crippen LogP contribution in [0.4, 0.5) is 0 Å². The summed E-state index contributed by atoms with van der Waals surface area (Å²) in [5.74, 6) is 0.101. The lowest BCUT2D eigenvalue weighted by atomic mass is 10.0. The van der Waals surface area contributed by atoms with Gasteiger partial charge in [0.1, 0.15) is 11.3 Å². The fraction of sp³-hybridized carbons (Fsp3) is 0.667. The van der Waals surface area contributed by atoms with Crippen molar-refractivity contribution in [1.82, 2.24) is 15.0 Å². The molecule has 1 aromatic heterocycles. The van der Waals surface area contributed by atoms with Crippen molar-refractivity contribution in [3.05, 3.63) is 17.0 Å². The minimum Gasteiger partial charge on any atom is -0.375 e. The van der Waals surface area contributed by atoms with Crippen molar-refractivity contribution >= 4 is 11.8 Å². The number of fused-ring (bicyclic) bond motifs is 1. The molecule has 0 bridgehead atoms. The van der Waals surface area contributed by atoms with Crippen LogP contribution in [-0.2, 0) is 9.53 Å². The average molecular weight is 307 g/mol. The molecule has 0 aliphatic carbocycles. The summed E-state index contributed by atoms with van der Waals surface area (Å²) in [5.41, 5.74) is 1.09. The summed E-state index contributed by atoms with van der Waals surface area (Å²) >= 11 is 0. The molecule has 3 atom stereocenters. The second-order valence-corrected chi connectivity index (χ2v) is 6.19. The number of hydrogen-bond acceptors (Lipinski definition) is 5. The normalized spacial score (nSPS) is 27.1. The Morgan fingerprint density at radius 2 is 2.05 bits per heavy atom. The quantitative estimate of drug-likeness (QED) is 0.800. The first-order valence-electron chi connectivity index (χ1n) is 7.48. The van der Waals surface area contributed by atoms with Crippen LogP contribution in [0.3, 0.4) is 0 Å². The van der Waals surface area contributed by atoms with Gasteiger partial charge in [0.2, 0.25) is 5.91 Å². The number of aryl methyl sites for hydroxylation is 2. The topological polar surface area (TPSA) is 75.9 Å². The summed E-state index contributed by atoms with van der Waals surface area (Å²) in [6.07, 6.45) is 0.552. The van der Waals surface area contributed by atoms with Gasteiger partial charge in [-0.3, -0.25) is 9.59 Å². The summed E-state index contributed by atoms with van der Waals surface area (Å²) < 4.78 is 10.8. The fourth-order valence-corrected chi connectivity index (χ4v) is 3.48. The highest BCUT2D eigenvalue weighted by Gasteiger charge is 2.51. The molecule has 0 radical (unpaired) electrons. The average Bonchev–Trinajstić information content (AvgIpc) is 3.13. The molecule has 0 saturated carbocycles. The molecule has 0 unspecified atom stereocenters. The SMILES string of the molecule is Cc1noc(C)c1C(=O)N1C[C@H](C(=O)N(C)C)[C@@H]2OCC[C@H]21. The Bertz CT molecular complexity index is 590. The first-order valence-corrected chi connectivity index (χ1v) is 7.48. The van der Waals surface area contributed by atoms with Crippen LogP contribution in [0, 0.1) is 19.8 Å². The van der Waals surface area contributed by atoms with Gasteiger partial charge in [-0.2, -0.15) is 0 Å². The summed E-state index contributed by atoms with van der Waals surface area (Å²) in [4.78, 5) is 28.6. The van der Waals surface area contributed by atoms with Crippen molar-refractivity contribution in [1.29, 1.82) is 0 Å². The number of likely N-dealkylation sites (tertiary alicyclic amines) is 1. The van der Waals surface area contributed by atoms with Gasteiger partial charge in [0, 0.05) is 27.2 Å². The molecule has 0 spiro atoms. The molecule has 0 aromatic carbocycles. The lowest BCUT2D eigenvalue weighted by molar-refractivity contribution is -0.135. The third-order valence-corrected chi connectivity index (χ3v) is 4.56. The Morgan fingerprint density at radius 3 is 2.64 bits per heavy atom. The number of amides is 2. The van der Waals surface area contributed by atoms with Crippen molar-refractivity contribution in [2.24, 2.45) is 5.92 Å². The van der Waals surface area contributed by atoms with Crippen molar-refractivity contribution in [3.63, 3.8) is 0 Å². The molecular formula is C15H21N3O4. The van der Waals surface area contributed by atoms with E-state index in [2.05, 4.69) is 5.16 Å². The Labute approximate surface area is 129 Å². The first-order chi connectivity index (χ1) is 10.4. The predicted octanol–water partition coefficient (Wildman–Crippen LogP) is 0.609. The van der Waals surface area contributed by atoms with Crippen LogP contribution in [0.2, 0.25) is 0 Å². The summed E-state index contributed by atoms with van der Waals surface area (Å²) in [6, 6.07) is -0.0462. The molecule has 2 amide bonds. The Kier molecular flexibility index (Phi) is 3.68. The lowest BCUT2D eigenvalue weighted by Gasteiger charge is -2.22. The maximum atomic E-state index is 12.9. The predicted molar refractivity (Wildman–Crippen MR) is 77.3 cm³/mol. The van der Waals surface area contributed by atoms with Gasteiger partial charge in [-0.25, -0.2) is 0 Å². The second kappa shape index (κ2) is 5.39. The number of hydrogen-bond donors (Lipinski definition) is 0. The Balaban J connectivity index is 1.89. The number of carbonyl (C=O) groups is 2. The number of nitrogens with zero attached hydrogens (tertiary/aromatic N) is 3. The smallest absolute Gasteiger partial charge is 0.259 e. The van der Waals surface area contributed by atoms with Crippen molar-refractivity contribution in [2.45, 2.75) is 32.4 Å². The third-order valence-electron chi connectivity index (χ3n) is 4.56. The van der Waals surface area contributed by atoms with Crippen LogP contribution in [0.15, 0.2) is 4.52 Å². The third kappa shape index (κ3) is 2.20. The van der Waals surface area contributed by atoms with Gasteiger partial charge in [-0.1, -0.05) is 5.16 Å². The summed E-state index contributed by atoms with van der Waals surface area (Å²) in [7, 11) is 3.45. The molecule has 7 heteroatoms. The van der Waals surface area contributed by atoms with E-state index in [1.807, 2.05) is 0 Å². The minimum absolute atomic E-state index is 0.00552. The van der Waals surface area contributed by atoms with Gasteiger partial charge in [0.15, 0.2) is 0 Å². The van der Waals surface area contributed by atoms with Gasteiger partial charge in [-0.15, -0.1) is 0 Å². The molecule has 3 rings (SSSR count). The molecule has 0 N–H and O–H groups in total. The number of rotatable bonds is 2. The van der Waals surface area contributed by atoms with E-state index in [9.17, 15) is 9.59 Å². The van der Waals surface area contributed by atoms with Gasteiger partial charge in [0.25, 0.3) is 5.91 Å². The number of aromatic nitrogens is 1. The zero-order valence-corrected chi connectivity index (χ0v) is 13.3. The lowest BCUT2D eigenvalue weighted by Crippen LogP contribution is -2.37. The fourth-order valence-electron chi connectivity index (χ4n) is 3.48. The molecule has 7 nitrogen and oxygen atoms in total. The van der Waals surface area contributed by atoms with E-state index in [4.69, 9.17) is 9.26 Å². The Hall–Kier alpha value is -1.89. The van der Waals surface area contributed by atoms with Crippen molar-refractivity contribution in [3.8, 4) is 0 Å². The van der Waals surface area contributed by atoms with E-state index in [1.165, 1.54) is 0 Å². The van der Waals surface area contributed by atoms with E-state index >= 15 is 0 Å². The van der Waals surface area contributed by atoms with Crippen LogP contribution in [0.5, 0.6) is 0 Å². The number of carbonyl (C=O) groups excluding carboxylic acids is 2. The van der Waals surface area contributed by atoms with Crippen LogP contribution in [-0.4, -0.2) is 66.2 Å². The molecule has 2 saturated heterocycles. The van der Waals surface area contributed by atoms with E-state index < -0.39 is 0 Å². The van der Waals surface area contributed by atoms with Gasteiger partial charge in [0.05, 0.1) is 23.8 Å². The van der Waals surface area contributed by atoms with Crippen molar-refractivity contribution in [2.75, 3.05) is 27.2 Å². The second-order valence-electron chi connectivity index (χ2n) is 6.19. The van der Waals surface area contributed by atoms with Crippen LogP contribution in [0.25, 0.3) is 0 Å². The molecule has 3 heterocycles. The molecule has 120 valence electrons. The first kappa shape index (κ1) is 15.0. The van der Waals surface area contributed by atoms with Gasteiger partial charge in [-0.05, 0) is 20.3 Å². The molecular weight excluding hydrogens is 286 g/mol. The van der Waals surface area contributed by atoms with Crippen LogP contribution in [0.1, 0.15) is 28.2 Å². The maximum absolute atomic E-state index is 12.9. The van der Waals surface area contributed by atoms with Gasteiger partial charge < -0.3 is 19.1 Å². The maximum Gasteiger partial charge on any atom is 0.259 e. The van der Waals surface area contributed by atoms with E-state index in [0.29, 0.717) is 30.2 Å². The largest absolute Gasteiger partial charge is 0.375 e. The molecule has 2 aliphatic rings. The molecule has 2 fully saturated rings. The molecule has 2 aliphatic heterocycles. The standard InChI is InChI=1S/C15H21N3O4/c1-8-12(9(2)22-16-8)15(20)18-7-10(14(19)17(3)4)13-11(18)5-6-21-13/h10-11,13H,5-7H2,1-4H3/t10-,11+,13-/m0/s1. The molecule has 22 heavy (non-hydrogen) atoms. The molecule has 1 aromatic rings. The van der Waals surface area contributed by atoms with Crippen molar-refractivity contribution < 1.29 is 18.8 Å². The Morgan fingerprint density at radius 1 is 1.32 bits per heavy atom. The zero-order valence-electron chi connectivity index (χ0n) is 13.3. The van der Waals surface area contributed by atoms with Gasteiger partial charge >= 0.3 is 0 Å². The zero-order chi connectivity index (χ0) is 16.0. The highest BCUT2D eigenvalue weighted by Crippen LogP contribution is 2.35. The highest BCUT2D eigenvalue weighted by atomic mass is 16.5. The van der Waals surface area contributed by atoms with E-state index in [-0.39, 0.29) is 29.9 Å². The summed E-state index contributed by atoms with van der Waals surface area (Å²) in [5, 5.41) is 3.85. The van der Waals surface area contributed by atoms with Crippen LogP contribution < -0.4 is 0 Å². The minimum atomic E-state index is -0.299. The highest BCUT2D eigenvalue weighted by molar-refractivity contribution is 5.97. The number of ether oxygens (including phenoxy) is 1. The van der Waals surface area contributed by atoms with E-state index in [1.54, 1.807) is 37.7 Å². The monoisotopic (exact) mass is 307 g/mol. The van der Waals surface area contributed by atoms with E-state index in [0.717, 1.165) is 6.42 Å². The summed E-state index contributed by atoms with van der Waals surface area (Å²) in [6.45, 7) is 4.45.